The highest BCUT2D eigenvalue weighted by Crippen LogP contribution is 2.23. The molecular weight excluding hydrogens is 88.1 g/mol. The molecule has 1 fully saturated rings. The van der Waals surface area contributed by atoms with Gasteiger partial charge in [0.2, 0.25) is 0 Å². The number of quaternary nitrogens is 1. The summed E-state index contributed by atoms with van der Waals surface area (Å²) in [4.78, 5) is 0. The van der Waals surface area contributed by atoms with Crippen molar-refractivity contribution in [2.75, 3.05) is 6.54 Å². The summed E-state index contributed by atoms with van der Waals surface area (Å²) in [5.41, 5.74) is 1.78. The highest BCUT2D eigenvalue weighted by molar-refractivity contribution is 4.66. The molecule has 42 valence electrons. The van der Waals surface area contributed by atoms with Crippen molar-refractivity contribution in [2.45, 2.75) is 19.3 Å². The van der Waals surface area contributed by atoms with Crippen LogP contribution < -0.4 is 11.3 Å². The lowest BCUT2D eigenvalue weighted by Crippen LogP contribution is -2.92. The zero-order valence-electron chi connectivity index (χ0n) is 4.56. The maximum Gasteiger partial charge on any atom is 0.0956 e. The van der Waals surface area contributed by atoms with Crippen molar-refractivity contribution >= 4 is 0 Å². The molecule has 0 unspecified atom stereocenters. The second-order valence-corrected chi connectivity index (χ2v) is 2.27. The molecule has 1 saturated carbocycles. The van der Waals surface area contributed by atoms with E-state index in [4.69, 9.17) is 5.84 Å². The Balaban J connectivity index is 1.93. The molecule has 1 rings (SSSR count). The van der Waals surface area contributed by atoms with E-state index < -0.39 is 0 Å². The summed E-state index contributed by atoms with van der Waals surface area (Å²) in [6.07, 6.45) is 4.25. The number of hydrogen-bond acceptors (Lipinski definition) is 1. The van der Waals surface area contributed by atoms with Gasteiger partial charge < -0.3 is 0 Å². The summed E-state index contributed by atoms with van der Waals surface area (Å²) in [6, 6.07) is 0. The van der Waals surface area contributed by atoms with Gasteiger partial charge in [0.1, 0.15) is 0 Å². The van der Waals surface area contributed by atoms with Crippen molar-refractivity contribution in [1.29, 1.82) is 0 Å². The van der Waals surface area contributed by atoms with E-state index in [-0.39, 0.29) is 0 Å². The van der Waals surface area contributed by atoms with Gasteiger partial charge in [-0.05, 0) is 12.8 Å². The molecular formula is C5H13N2+. The molecule has 0 amide bonds. The molecule has 7 heavy (non-hydrogen) atoms. The maximum atomic E-state index is 5.21. The van der Waals surface area contributed by atoms with Crippen LogP contribution in [-0.2, 0) is 0 Å². The quantitative estimate of drug-likeness (QED) is 0.348. The molecule has 4 N–H and O–H groups in total. The first-order chi connectivity index (χ1) is 3.43. The molecule has 0 aromatic rings. The molecule has 0 bridgehead atoms. The minimum absolute atomic E-state index is 0.949. The predicted octanol–water partition coefficient (Wildman–Crippen LogP) is -0.776. The fraction of sp³-hybridized carbons (Fsp3) is 1.00. The van der Waals surface area contributed by atoms with Crippen LogP contribution in [0.4, 0.5) is 0 Å². The van der Waals surface area contributed by atoms with Crippen LogP contribution in [0.25, 0.3) is 0 Å². The fourth-order valence-corrected chi connectivity index (χ4v) is 0.921. The molecule has 0 aromatic heterocycles. The summed E-state index contributed by atoms with van der Waals surface area (Å²) in [6.45, 7) is 1.14. The van der Waals surface area contributed by atoms with Gasteiger partial charge in [0.25, 0.3) is 0 Å². The maximum absolute atomic E-state index is 5.21. The molecule has 0 heterocycles. The first-order valence-electron chi connectivity index (χ1n) is 2.97. The van der Waals surface area contributed by atoms with Crippen LogP contribution in [0.2, 0.25) is 0 Å². The van der Waals surface area contributed by atoms with Gasteiger partial charge in [-0.2, -0.15) is 5.84 Å². The van der Waals surface area contributed by atoms with Crippen LogP contribution in [0.5, 0.6) is 0 Å². The summed E-state index contributed by atoms with van der Waals surface area (Å²) in [7, 11) is 0. The third-order valence-electron chi connectivity index (χ3n) is 1.69. The van der Waals surface area contributed by atoms with E-state index in [2.05, 4.69) is 0 Å². The Labute approximate surface area is 44.1 Å². The van der Waals surface area contributed by atoms with Gasteiger partial charge in [-0.25, -0.2) is 0 Å². The highest BCUT2D eigenvalue weighted by atomic mass is 15.2. The molecule has 0 spiro atoms. The van der Waals surface area contributed by atoms with Gasteiger partial charge in [-0.15, -0.1) is 0 Å². The van der Waals surface area contributed by atoms with Gasteiger partial charge >= 0.3 is 0 Å². The molecule has 0 saturated heterocycles. The van der Waals surface area contributed by atoms with E-state index >= 15 is 0 Å². The summed E-state index contributed by atoms with van der Waals surface area (Å²) >= 11 is 0. The van der Waals surface area contributed by atoms with E-state index in [1.165, 1.54) is 19.3 Å². The Hall–Kier alpha value is -0.0800. The molecule has 0 atom stereocenters. The predicted molar refractivity (Wildman–Crippen MR) is 28.3 cm³/mol. The zero-order chi connectivity index (χ0) is 5.11. The van der Waals surface area contributed by atoms with Crippen molar-refractivity contribution in [3.63, 3.8) is 0 Å². The molecule has 2 heteroatoms. The minimum atomic E-state index is 0.949. The van der Waals surface area contributed by atoms with Crippen LogP contribution in [-0.4, -0.2) is 6.54 Å². The number of nitrogens with two attached hydrogens (primary N) is 2. The standard InChI is InChI=1S/C5H12N2/c6-7-4-5-2-1-3-5/h5,7H,1-4,6H2/p+1. The SMILES string of the molecule is N[NH2+]CC1CCC1. The van der Waals surface area contributed by atoms with Crippen LogP contribution in [0, 0.1) is 5.92 Å². The van der Waals surface area contributed by atoms with Crippen LogP contribution in [0.15, 0.2) is 0 Å². The van der Waals surface area contributed by atoms with E-state index in [1.807, 2.05) is 0 Å². The molecule has 1 aliphatic carbocycles. The largest absolute Gasteiger partial charge is 0.271 e. The Morgan fingerprint density at radius 1 is 1.57 bits per heavy atom. The van der Waals surface area contributed by atoms with Crippen molar-refractivity contribution in [3.05, 3.63) is 0 Å². The fourth-order valence-electron chi connectivity index (χ4n) is 0.921. The zero-order valence-corrected chi connectivity index (χ0v) is 4.56. The first-order valence-corrected chi connectivity index (χ1v) is 2.97. The second-order valence-electron chi connectivity index (χ2n) is 2.27. The normalized spacial score (nSPS) is 21.9. The van der Waals surface area contributed by atoms with Gasteiger partial charge in [0, 0.05) is 5.92 Å². The van der Waals surface area contributed by atoms with Crippen LogP contribution >= 0.6 is 0 Å². The second kappa shape index (κ2) is 2.28. The van der Waals surface area contributed by atoms with Crippen molar-refractivity contribution in [2.24, 2.45) is 11.8 Å². The molecule has 0 radical (unpaired) electrons. The van der Waals surface area contributed by atoms with Gasteiger partial charge in [-0.3, -0.25) is 5.43 Å². The molecule has 0 aromatic carbocycles. The van der Waals surface area contributed by atoms with Gasteiger partial charge in [0.05, 0.1) is 6.54 Å². The third kappa shape index (κ3) is 1.14. The summed E-state index contributed by atoms with van der Waals surface area (Å²) in [5.74, 6) is 6.16. The summed E-state index contributed by atoms with van der Waals surface area (Å²) < 4.78 is 0. The highest BCUT2D eigenvalue weighted by Gasteiger charge is 2.17. The monoisotopic (exact) mass is 101 g/mol. The van der Waals surface area contributed by atoms with E-state index in [1.54, 1.807) is 5.43 Å². The van der Waals surface area contributed by atoms with E-state index in [0.29, 0.717) is 0 Å². The van der Waals surface area contributed by atoms with Crippen molar-refractivity contribution < 1.29 is 5.43 Å². The number of rotatable bonds is 2. The third-order valence-corrected chi connectivity index (χ3v) is 1.69. The smallest absolute Gasteiger partial charge is 0.0956 e. The van der Waals surface area contributed by atoms with Crippen molar-refractivity contribution in [3.8, 4) is 0 Å². The van der Waals surface area contributed by atoms with Crippen LogP contribution in [0.1, 0.15) is 19.3 Å². The lowest BCUT2D eigenvalue weighted by molar-refractivity contribution is -0.674. The number of hydrogen-bond donors (Lipinski definition) is 2. The van der Waals surface area contributed by atoms with Gasteiger partial charge in [0.15, 0.2) is 0 Å². The Kier molecular flexibility index (Phi) is 1.65. The van der Waals surface area contributed by atoms with Crippen molar-refractivity contribution in [1.82, 2.24) is 0 Å². The average molecular weight is 101 g/mol. The average Bonchev–Trinajstić information content (AvgIpc) is 1.55. The topological polar surface area (TPSA) is 42.6 Å². The Morgan fingerprint density at radius 2 is 2.29 bits per heavy atom. The molecule has 2 nitrogen and oxygen atoms in total. The lowest BCUT2D eigenvalue weighted by atomic mass is 9.86. The van der Waals surface area contributed by atoms with E-state index in [9.17, 15) is 0 Å². The first kappa shape index (κ1) is 5.06. The summed E-state index contributed by atoms with van der Waals surface area (Å²) in [5, 5.41) is 0. The minimum Gasteiger partial charge on any atom is -0.271 e. The Bertz CT molecular complexity index is 50.0. The van der Waals surface area contributed by atoms with Crippen LogP contribution in [0.3, 0.4) is 0 Å². The lowest BCUT2D eigenvalue weighted by Gasteiger charge is -2.21. The Morgan fingerprint density at radius 3 is 2.43 bits per heavy atom. The molecule has 1 aliphatic rings. The van der Waals surface area contributed by atoms with E-state index in [0.717, 1.165) is 12.5 Å². The van der Waals surface area contributed by atoms with Gasteiger partial charge in [-0.1, -0.05) is 6.42 Å². The molecule has 0 aliphatic heterocycles.